The van der Waals surface area contributed by atoms with Crippen molar-refractivity contribution < 1.29 is 14.7 Å². The van der Waals surface area contributed by atoms with Gasteiger partial charge < -0.3 is 15.7 Å². The Morgan fingerprint density at radius 1 is 1.19 bits per heavy atom. The van der Waals surface area contributed by atoms with E-state index in [0.717, 1.165) is 5.56 Å². The number of carbonyl (C=O) groups is 2. The Hall–Kier alpha value is -1.69. The van der Waals surface area contributed by atoms with Gasteiger partial charge in [0, 0.05) is 17.8 Å². The van der Waals surface area contributed by atoms with Crippen LogP contribution in [0.15, 0.2) is 24.3 Å². The molecular formula is C15H22N2O3S. The second kappa shape index (κ2) is 7.93. The van der Waals surface area contributed by atoms with Crippen molar-refractivity contribution >= 4 is 23.8 Å². The van der Waals surface area contributed by atoms with Crippen LogP contribution >= 0.6 is 11.8 Å². The first-order valence-electron chi connectivity index (χ1n) is 6.73. The SMILES string of the molecule is CSC(C)(C)CNC(=O)NCCc1ccc(C(=O)O)cc1. The molecule has 0 saturated carbocycles. The lowest BCUT2D eigenvalue weighted by atomic mass is 10.1. The van der Waals surface area contributed by atoms with Crippen LogP contribution in [0.5, 0.6) is 0 Å². The smallest absolute Gasteiger partial charge is 0.335 e. The van der Waals surface area contributed by atoms with Gasteiger partial charge >= 0.3 is 12.0 Å². The average Bonchev–Trinajstić information content (AvgIpc) is 2.46. The van der Waals surface area contributed by atoms with Gasteiger partial charge in [-0.3, -0.25) is 0 Å². The second-order valence-electron chi connectivity index (χ2n) is 5.33. The van der Waals surface area contributed by atoms with E-state index in [1.807, 2.05) is 6.26 Å². The average molecular weight is 310 g/mol. The fraction of sp³-hybridized carbons (Fsp3) is 0.467. The molecule has 1 aromatic carbocycles. The molecule has 0 radical (unpaired) electrons. The maximum Gasteiger partial charge on any atom is 0.335 e. The van der Waals surface area contributed by atoms with E-state index in [9.17, 15) is 9.59 Å². The number of carboxylic acids is 1. The van der Waals surface area contributed by atoms with Crippen molar-refractivity contribution in [2.24, 2.45) is 0 Å². The summed E-state index contributed by atoms with van der Waals surface area (Å²) < 4.78 is 0.0179. The number of rotatable bonds is 7. The molecule has 6 heteroatoms. The van der Waals surface area contributed by atoms with Gasteiger partial charge in [0.1, 0.15) is 0 Å². The normalized spacial score (nSPS) is 11.0. The van der Waals surface area contributed by atoms with Gasteiger partial charge in [0.25, 0.3) is 0 Å². The van der Waals surface area contributed by atoms with Crippen LogP contribution in [0, 0.1) is 0 Å². The van der Waals surface area contributed by atoms with Gasteiger partial charge in [0.15, 0.2) is 0 Å². The highest BCUT2D eigenvalue weighted by Gasteiger charge is 2.16. The van der Waals surface area contributed by atoms with Crippen LogP contribution in [0.4, 0.5) is 4.79 Å². The van der Waals surface area contributed by atoms with Gasteiger partial charge in [-0.05, 0) is 44.2 Å². The summed E-state index contributed by atoms with van der Waals surface area (Å²) in [5.41, 5.74) is 1.26. The summed E-state index contributed by atoms with van der Waals surface area (Å²) in [7, 11) is 0. The molecule has 1 aromatic rings. The largest absolute Gasteiger partial charge is 0.478 e. The van der Waals surface area contributed by atoms with Crippen LogP contribution < -0.4 is 10.6 Å². The molecule has 1 rings (SSSR count). The van der Waals surface area contributed by atoms with Crippen LogP contribution in [0.2, 0.25) is 0 Å². The van der Waals surface area contributed by atoms with E-state index in [-0.39, 0.29) is 16.3 Å². The lowest BCUT2D eigenvalue weighted by Gasteiger charge is -2.22. The molecule has 0 fully saturated rings. The first-order valence-corrected chi connectivity index (χ1v) is 7.95. The van der Waals surface area contributed by atoms with E-state index in [4.69, 9.17) is 5.11 Å². The van der Waals surface area contributed by atoms with Gasteiger partial charge in [-0.15, -0.1) is 0 Å². The molecule has 5 nitrogen and oxygen atoms in total. The van der Waals surface area contributed by atoms with E-state index in [1.54, 1.807) is 36.0 Å². The Labute approximate surface area is 129 Å². The zero-order chi connectivity index (χ0) is 15.9. The van der Waals surface area contributed by atoms with Crippen molar-refractivity contribution in [3.8, 4) is 0 Å². The first kappa shape index (κ1) is 17.4. The van der Waals surface area contributed by atoms with Gasteiger partial charge in [0.05, 0.1) is 5.56 Å². The minimum Gasteiger partial charge on any atom is -0.478 e. The monoisotopic (exact) mass is 310 g/mol. The molecule has 0 bridgehead atoms. The number of urea groups is 1. The third-order valence-electron chi connectivity index (χ3n) is 3.13. The minimum absolute atomic E-state index is 0.0179. The third kappa shape index (κ3) is 6.53. The quantitative estimate of drug-likeness (QED) is 0.722. The Balaban J connectivity index is 2.30. The van der Waals surface area contributed by atoms with Crippen molar-refractivity contribution in [2.75, 3.05) is 19.3 Å². The van der Waals surface area contributed by atoms with Crippen molar-refractivity contribution in [1.29, 1.82) is 0 Å². The van der Waals surface area contributed by atoms with Crippen LogP contribution in [0.25, 0.3) is 0 Å². The van der Waals surface area contributed by atoms with Gasteiger partial charge in [-0.1, -0.05) is 12.1 Å². The summed E-state index contributed by atoms with van der Waals surface area (Å²) in [6.07, 6.45) is 2.68. The predicted octanol–water partition coefficient (Wildman–Crippen LogP) is 2.37. The summed E-state index contributed by atoms with van der Waals surface area (Å²) >= 11 is 1.70. The van der Waals surface area contributed by atoms with Crippen molar-refractivity contribution in [3.63, 3.8) is 0 Å². The summed E-state index contributed by atoms with van der Waals surface area (Å²) in [5.74, 6) is -0.935. The van der Waals surface area contributed by atoms with Crippen molar-refractivity contribution in [3.05, 3.63) is 35.4 Å². The maximum atomic E-state index is 11.6. The molecule has 0 aliphatic carbocycles. The highest BCUT2D eigenvalue weighted by atomic mass is 32.2. The number of aromatic carboxylic acids is 1. The lowest BCUT2D eigenvalue weighted by molar-refractivity contribution is 0.0697. The fourth-order valence-electron chi connectivity index (χ4n) is 1.56. The lowest BCUT2D eigenvalue weighted by Crippen LogP contribution is -2.42. The number of carbonyl (C=O) groups excluding carboxylic acids is 1. The molecule has 0 heterocycles. The maximum absolute atomic E-state index is 11.6. The molecule has 3 N–H and O–H groups in total. The Morgan fingerprint density at radius 3 is 2.33 bits per heavy atom. The van der Waals surface area contributed by atoms with Crippen molar-refractivity contribution in [2.45, 2.75) is 25.0 Å². The van der Waals surface area contributed by atoms with Gasteiger partial charge in [0.2, 0.25) is 0 Å². The molecule has 0 saturated heterocycles. The summed E-state index contributed by atoms with van der Waals surface area (Å²) in [4.78, 5) is 22.4. The van der Waals surface area contributed by atoms with E-state index in [2.05, 4.69) is 24.5 Å². The summed E-state index contributed by atoms with van der Waals surface area (Å²) in [5, 5.41) is 14.4. The molecule has 2 amide bonds. The Kier molecular flexibility index (Phi) is 6.55. The fourth-order valence-corrected chi connectivity index (χ4v) is 1.78. The number of carboxylic acid groups (broad SMARTS) is 1. The predicted molar refractivity (Wildman–Crippen MR) is 86.1 cm³/mol. The third-order valence-corrected chi connectivity index (χ3v) is 4.38. The van der Waals surface area contributed by atoms with E-state index in [0.29, 0.717) is 19.5 Å². The molecular weight excluding hydrogens is 288 g/mol. The molecule has 116 valence electrons. The topological polar surface area (TPSA) is 78.4 Å². The number of hydrogen-bond acceptors (Lipinski definition) is 3. The van der Waals surface area contributed by atoms with Gasteiger partial charge in [-0.2, -0.15) is 11.8 Å². The molecule has 0 spiro atoms. The minimum atomic E-state index is -0.935. The zero-order valence-electron chi connectivity index (χ0n) is 12.6. The Morgan fingerprint density at radius 2 is 1.81 bits per heavy atom. The van der Waals surface area contributed by atoms with Crippen molar-refractivity contribution in [1.82, 2.24) is 10.6 Å². The molecule has 0 aliphatic heterocycles. The highest BCUT2D eigenvalue weighted by molar-refractivity contribution is 7.99. The van der Waals surface area contributed by atoms with E-state index in [1.165, 1.54) is 0 Å². The number of amides is 2. The zero-order valence-corrected chi connectivity index (χ0v) is 13.4. The highest BCUT2D eigenvalue weighted by Crippen LogP contribution is 2.19. The van der Waals surface area contributed by atoms with Crippen LogP contribution in [0.1, 0.15) is 29.8 Å². The van der Waals surface area contributed by atoms with Crippen LogP contribution in [-0.2, 0) is 6.42 Å². The standard InChI is InChI=1S/C15H22N2O3S/c1-15(2,21-3)10-17-14(20)16-9-8-11-4-6-12(7-5-11)13(18)19/h4-7H,8-10H2,1-3H3,(H,18,19)(H2,16,17,20). The first-order chi connectivity index (χ1) is 9.84. The number of hydrogen-bond donors (Lipinski definition) is 3. The van der Waals surface area contributed by atoms with E-state index >= 15 is 0 Å². The van der Waals surface area contributed by atoms with E-state index < -0.39 is 5.97 Å². The molecule has 0 unspecified atom stereocenters. The molecule has 0 aromatic heterocycles. The summed E-state index contributed by atoms with van der Waals surface area (Å²) in [6.45, 7) is 5.26. The van der Waals surface area contributed by atoms with Crippen LogP contribution in [-0.4, -0.2) is 41.2 Å². The second-order valence-corrected chi connectivity index (χ2v) is 6.84. The number of nitrogens with one attached hydrogen (secondary N) is 2. The number of thioether (sulfide) groups is 1. The van der Waals surface area contributed by atoms with Gasteiger partial charge in [-0.25, -0.2) is 9.59 Å². The molecule has 21 heavy (non-hydrogen) atoms. The molecule has 0 aliphatic rings. The molecule has 0 atom stereocenters. The number of benzene rings is 1. The Bertz CT molecular complexity index is 486. The van der Waals surface area contributed by atoms with Crippen LogP contribution in [0.3, 0.4) is 0 Å². The summed E-state index contributed by atoms with van der Waals surface area (Å²) in [6, 6.07) is 6.48.